The topological polar surface area (TPSA) is 48.1 Å². The number of unbranched alkanes of at least 4 members (excludes halogenated alkanes) is 1. The second-order valence-corrected chi connectivity index (χ2v) is 6.43. The molecule has 0 saturated heterocycles. The van der Waals surface area contributed by atoms with E-state index in [0.29, 0.717) is 5.92 Å². The van der Waals surface area contributed by atoms with Crippen LogP contribution in [0.2, 0.25) is 0 Å². The Kier molecular flexibility index (Phi) is 4.84. The summed E-state index contributed by atoms with van der Waals surface area (Å²) in [5, 5.41) is 13.1. The molecule has 1 radical (unpaired) electrons. The van der Waals surface area contributed by atoms with E-state index >= 15 is 0 Å². The molecule has 3 rings (SSSR count). The average molecular weight is 323 g/mol. The van der Waals surface area contributed by atoms with Crippen LogP contribution in [0.1, 0.15) is 39.5 Å². The number of aromatic nitrogens is 1. The minimum absolute atomic E-state index is 0.142. The van der Waals surface area contributed by atoms with E-state index in [0.717, 1.165) is 34.8 Å². The Labute approximate surface area is 142 Å². The van der Waals surface area contributed by atoms with E-state index in [1.807, 2.05) is 18.2 Å². The summed E-state index contributed by atoms with van der Waals surface area (Å²) in [4.78, 5) is 10.8. The van der Waals surface area contributed by atoms with E-state index in [1.54, 1.807) is 12.1 Å². The summed E-state index contributed by atoms with van der Waals surface area (Å²) in [7, 11) is 0. The third-order valence-electron chi connectivity index (χ3n) is 4.89. The van der Waals surface area contributed by atoms with Gasteiger partial charge in [0.05, 0.1) is 4.92 Å². The van der Waals surface area contributed by atoms with E-state index in [4.69, 9.17) is 0 Å². The largest absolute Gasteiger partial charge is 0.340 e. The smallest absolute Gasteiger partial charge is 0.270 e. The predicted molar refractivity (Wildman–Crippen MR) is 98.2 cm³/mol. The van der Waals surface area contributed by atoms with Gasteiger partial charge in [-0.15, -0.1) is 0 Å². The Balaban J connectivity index is 2.12. The minimum atomic E-state index is -0.328. The van der Waals surface area contributed by atoms with E-state index in [2.05, 4.69) is 30.5 Å². The fourth-order valence-electron chi connectivity index (χ4n) is 3.46. The van der Waals surface area contributed by atoms with E-state index in [-0.39, 0.29) is 10.6 Å². The maximum Gasteiger partial charge on any atom is 0.270 e. The van der Waals surface area contributed by atoms with Gasteiger partial charge in [0.1, 0.15) is 0 Å². The van der Waals surface area contributed by atoms with Crippen LogP contribution >= 0.6 is 0 Å². The summed E-state index contributed by atoms with van der Waals surface area (Å²) in [6, 6.07) is 14.2. The van der Waals surface area contributed by atoms with Crippen molar-refractivity contribution < 1.29 is 4.92 Å². The van der Waals surface area contributed by atoms with Crippen molar-refractivity contribution in [3.05, 3.63) is 52.6 Å². The zero-order valence-electron chi connectivity index (χ0n) is 14.3. The first-order chi connectivity index (χ1) is 11.7. The summed E-state index contributed by atoms with van der Waals surface area (Å²) in [6.45, 7) is 5.42. The molecule has 0 amide bonds. The highest BCUT2D eigenvalue weighted by atomic mass is 16.6. The minimum Gasteiger partial charge on any atom is -0.340 e. The SMILES string of the molecule is CCCCC(CC)Cn1c2cc[c]cc2c2cc([N+](=O)[O-])ccc21. The van der Waals surface area contributed by atoms with Crippen molar-refractivity contribution in [2.45, 2.75) is 46.1 Å². The maximum absolute atomic E-state index is 11.1. The lowest BCUT2D eigenvalue weighted by atomic mass is 9.99. The molecule has 0 aliphatic rings. The van der Waals surface area contributed by atoms with Crippen molar-refractivity contribution >= 4 is 27.5 Å². The molecule has 0 saturated carbocycles. The molecule has 2 aromatic carbocycles. The van der Waals surface area contributed by atoms with Gasteiger partial charge in [-0.05, 0) is 36.6 Å². The van der Waals surface area contributed by atoms with Crippen molar-refractivity contribution in [2.75, 3.05) is 0 Å². The van der Waals surface area contributed by atoms with Gasteiger partial charge < -0.3 is 4.57 Å². The first-order valence-corrected chi connectivity index (χ1v) is 8.72. The summed E-state index contributed by atoms with van der Waals surface area (Å²) < 4.78 is 2.33. The molecule has 1 unspecified atom stereocenters. The van der Waals surface area contributed by atoms with Crippen LogP contribution in [0.25, 0.3) is 21.8 Å². The van der Waals surface area contributed by atoms with Gasteiger partial charge in [-0.25, -0.2) is 0 Å². The number of nitro benzene ring substituents is 1. The zero-order valence-corrected chi connectivity index (χ0v) is 14.3. The molecule has 0 aliphatic carbocycles. The molecular weight excluding hydrogens is 300 g/mol. The standard InChI is InChI=1S/C20H23N2O2/c1-3-5-8-15(4-2)14-21-19-10-7-6-9-17(19)18-13-16(22(23)24)11-12-20(18)21/h7,9-13,15H,3-5,8,14H2,1-2H3. The van der Waals surface area contributed by atoms with Crippen molar-refractivity contribution in [2.24, 2.45) is 5.92 Å². The van der Waals surface area contributed by atoms with E-state index in [9.17, 15) is 10.1 Å². The lowest BCUT2D eigenvalue weighted by Gasteiger charge is -2.17. The van der Waals surface area contributed by atoms with Gasteiger partial charge in [-0.1, -0.05) is 39.2 Å². The molecule has 4 nitrogen and oxygen atoms in total. The number of nitro groups is 1. The van der Waals surface area contributed by atoms with Crippen LogP contribution in [0.5, 0.6) is 0 Å². The van der Waals surface area contributed by atoms with Crippen molar-refractivity contribution in [1.29, 1.82) is 0 Å². The van der Waals surface area contributed by atoms with Gasteiger partial charge >= 0.3 is 0 Å². The molecule has 0 spiro atoms. The highest BCUT2D eigenvalue weighted by molar-refractivity contribution is 6.08. The number of fused-ring (bicyclic) bond motifs is 3. The molecule has 1 heterocycles. The highest BCUT2D eigenvalue weighted by Crippen LogP contribution is 2.33. The second-order valence-electron chi connectivity index (χ2n) is 6.43. The first kappa shape index (κ1) is 16.5. The molecular formula is C20H23N2O2. The molecule has 0 fully saturated rings. The van der Waals surface area contributed by atoms with Crippen LogP contribution in [0.3, 0.4) is 0 Å². The van der Waals surface area contributed by atoms with Crippen molar-refractivity contribution in [3.63, 3.8) is 0 Å². The van der Waals surface area contributed by atoms with E-state index < -0.39 is 0 Å². The molecule has 0 N–H and O–H groups in total. The van der Waals surface area contributed by atoms with Crippen LogP contribution < -0.4 is 0 Å². The summed E-state index contributed by atoms with van der Waals surface area (Å²) >= 11 is 0. The molecule has 125 valence electrons. The fourth-order valence-corrected chi connectivity index (χ4v) is 3.46. The van der Waals surface area contributed by atoms with Crippen LogP contribution in [0.4, 0.5) is 5.69 Å². The first-order valence-electron chi connectivity index (χ1n) is 8.72. The van der Waals surface area contributed by atoms with Crippen molar-refractivity contribution in [1.82, 2.24) is 4.57 Å². The van der Waals surface area contributed by atoms with Gasteiger partial charge in [0.15, 0.2) is 0 Å². The summed E-state index contributed by atoms with van der Waals surface area (Å²) in [6.07, 6.45) is 4.83. The Morgan fingerprint density at radius 2 is 2.00 bits per heavy atom. The highest BCUT2D eigenvalue weighted by Gasteiger charge is 2.16. The number of hydrogen-bond donors (Lipinski definition) is 0. The Morgan fingerprint density at radius 3 is 2.71 bits per heavy atom. The molecule has 1 aromatic heterocycles. The number of non-ortho nitro benzene ring substituents is 1. The summed E-state index contributed by atoms with van der Waals surface area (Å²) in [5.41, 5.74) is 2.35. The van der Waals surface area contributed by atoms with Gasteiger partial charge in [-0.3, -0.25) is 10.1 Å². The fraction of sp³-hybridized carbons (Fsp3) is 0.400. The Morgan fingerprint density at radius 1 is 1.21 bits per heavy atom. The van der Waals surface area contributed by atoms with Crippen LogP contribution in [0, 0.1) is 22.1 Å². The molecule has 0 bridgehead atoms. The maximum atomic E-state index is 11.1. The monoisotopic (exact) mass is 323 g/mol. The van der Waals surface area contributed by atoms with Gasteiger partial charge in [-0.2, -0.15) is 0 Å². The lowest BCUT2D eigenvalue weighted by molar-refractivity contribution is -0.384. The number of benzene rings is 2. The van der Waals surface area contributed by atoms with E-state index in [1.165, 1.54) is 19.3 Å². The van der Waals surface area contributed by atoms with Crippen LogP contribution in [-0.4, -0.2) is 9.49 Å². The third kappa shape index (κ3) is 3.01. The van der Waals surface area contributed by atoms with Gasteiger partial charge in [0.2, 0.25) is 0 Å². The van der Waals surface area contributed by atoms with Crippen LogP contribution in [0.15, 0.2) is 36.4 Å². The van der Waals surface area contributed by atoms with Gasteiger partial charge in [0, 0.05) is 40.5 Å². The summed E-state index contributed by atoms with van der Waals surface area (Å²) in [5.74, 6) is 0.628. The lowest BCUT2D eigenvalue weighted by Crippen LogP contribution is -2.10. The molecule has 24 heavy (non-hydrogen) atoms. The van der Waals surface area contributed by atoms with Crippen molar-refractivity contribution in [3.8, 4) is 0 Å². The third-order valence-corrected chi connectivity index (χ3v) is 4.89. The molecule has 4 heteroatoms. The number of rotatable bonds is 7. The normalized spacial score (nSPS) is 12.8. The predicted octanol–water partition coefficient (Wildman–Crippen LogP) is 5.72. The quantitative estimate of drug-likeness (QED) is 0.412. The van der Waals surface area contributed by atoms with Crippen LogP contribution in [-0.2, 0) is 6.54 Å². The second kappa shape index (κ2) is 7.04. The number of hydrogen-bond acceptors (Lipinski definition) is 2. The number of nitrogens with zero attached hydrogens (tertiary/aromatic N) is 2. The molecule has 0 aliphatic heterocycles. The van der Waals surface area contributed by atoms with Gasteiger partial charge in [0.25, 0.3) is 5.69 Å². The Hall–Kier alpha value is -2.36. The zero-order chi connectivity index (χ0) is 17.1. The molecule has 3 aromatic rings. The Bertz CT molecular complexity index is 867. The molecule has 1 atom stereocenters. The average Bonchev–Trinajstić information content (AvgIpc) is 2.92.